The zero-order valence-corrected chi connectivity index (χ0v) is 20.1. The SMILES string of the molecule is CCCCOC(=O)CN(c1ccc2c(C(N)=O)cccc2c1)S(=O)(=O)c1cc(Cl)cc(Cl)c1. The van der Waals surface area contributed by atoms with E-state index >= 15 is 0 Å². The lowest BCUT2D eigenvalue weighted by molar-refractivity contribution is -0.141. The third kappa shape index (κ3) is 5.76. The van der Waals surface area contributed by atoms with Gasteiger partial charge >= 0.3 is 5.97 Å². The summed E-state index contributed by atoms with van der Waals surface area (Å²) in [6.45, 7) is 1.58. The molecule has 2 N–H and O–H groups in total. The molecule has 3 aromatic carbocycles. The molecule has 174 valence electrons. The van der Waals surface area contributed by atoms with E-state index in [1.807, 2.05) is 6.92 Å². The van der Waals surface area contributed by atoms with Crippen molar-refractivity contribution in [3.05, 3.63) is 70.2 Å². The van der Waals surface area contributed by atoms with Gasteiger partial charge in [-0.25, -0.2) is 8.42 Å². The molecule has 0 bridgehead atoms. The van der Waals surface area contributed by atoms with Crippen molar-refractivity contribution in [2.24, 2.45) is 5.73 Å². The summed E-state index contributed by atoms with van der Waals surface area (Å²) in [6, 6.07) is 13.5. The number of benzene rings is 3. The van der Waals surface area contributed by atoms with Crippen molar-refractivity contribution in [3.63, 3.8) is 0 Å². The number of unbranched alkanes of at least 4 members (excludes halogenated alkanes) is 1. The highest BCUT2D eigenvalue weighted by Gasteiger charge is 2.29. The minimum Gasteiger partial charge on any atom is -0.464 e. The number of primary amides is 1. The second kappa shape index (κ2) is 10.4. The number of carbonyl (C=O) groups is 2. The first-order valence-corrected chi connectivity index (χ1v) is 12.3. The molecule has 0 saturated carbocycles. The summed E-state index contributed by atoms with van der Waals surface area (Å²) < 4.78 is 33.2. The monoisotopic (exact) mass is 508 g/mol. The van der Waals surface area contributed by atoms with Gasteiger partial charge in [-0.3, -0.25) is 13.9 Å². The number of fused-ring (bicyclic) bond motifs is 1. The van der Waals surface area contributed by atoms with E-state index in [9.17, 15) is 18.0 Å². The summed E-state index contributed by atoms with van der Waals surface area (Å²) >= 11 is 12.0. The number of carbonyl (C=O) groups excluding carboxylic acids is 2. The van der Waals surface area contributed by atoms with E-state index in [4.69, 9.17) is 33.7 Å². The minimum absolute atomic E-state index is 0.135. The zero-order valence-electron chi connectivity index (χ0n) is 17.8. The highest BCUT2D eigenvalue weighted by atomic mass is 35.5. The average Bonchev–Trinajstić information content (AvgIpc) is 2.76. The van der Waals surface area contributed by atoms with Crippen molar-refractivity contribution in [3.8, 4) is 0 Å². The number of nitrogens with two attached hydrogens (primary N) is 1. The van der Waals surface area contributed by atoms with Crippen LogP contribution in [-0.2, 0) is 19.6 Å². The molecule has 0 aliphatic rings. The quantitative estimate of drug-likeness (QED) is 0.330. The van der Waals surface area contributed by atoms with Gasteiger partial charge in [0, 0.05) is 15.6 Å². The highest BCUT2D eigenvalue weighted by molar-refractivity contribution is 7.92. The Hall–Kier alpha value is -2.81. The molecular weight excluding hydrogens is 487 g/mol. The van der Waals surface area contributed by atoms with E-state index in [0.29, 0.717) is 22.8 Å². The Labute approximate surface area is 202 Å². The number of rotatable bonds is 9. The predicted octanol–water partition coefficient (Wildman–Crippen LogP) is 4.78. The number of hydrogen-bond donors (Lipinski definition) is 1. The minimum atomic E-state index is -4.25. The van der Waals surface area contributed by atoms with Gasteiger partial charge < -0.3 is 10.5 Å². The van der Waals surface area contributed by atoms with Crippen molar-refractivity contribution < 1.29 is 22.7 Å². The fourth-order valence-electron chi connectivity index (χ4n) is 3.25. The molecule has 0 spiro atoms. The molecular formula is C23H22Cl2N2O5S. The van der Waals surface area contributed by atoms with Gasteiger partial charge in [0.05, 0.1) is 17.2 Å². The predicted molar refractivity (Wildman–Crippen MR) is 129 cm³/mol. The molecule has 3 aromatic rings. The van der Waals surface area contributed by atoms with Crippen LogP contribution in [0.1, 0.15) is 30.1 Å². The largest absolute Gasteiger partial charge is 0.464 e. The lowest BCUT2D eigenvalue weighted by Gasteiger charge is -2.24. The van der Waals surface area contributed by atoms with Gasteiger partial charge in [0.15, 0.2) is 0 Å². The number of ether oxygens (including phenoxy) is 1. The third-order valence-corrected chi connectivity index (χ3v) is 7.06. The number of sulfonamides is 1. The number of esters is 1. The molecule has 33 heavy (non-hydrogen) atoms. The van der Waals surface area contributed by atoms with Crippen molar-refractivity contribution in [2.75, 3.05) is 17.5 Å². The molecule has 3 rings (SSSR count). The summed E-state index contributed by atoms with van der Waals surface area (Å²) in [5.41, 5.74) is 5.95. The smallest absolute Gasteiger partial charge is 0.326 e. The first-order chi connectivity index (χ1) is 15.6. The fourth-order valence-corrected chi connectivity index (χ4v) is 5.38. The molecule has 0 aliphatic carbocycles. The van der Waals surface area contributed by atoms with Crippen LogP contribution in [0.5, 0.6) is 0 Å². The Morgan fingerprint density at radius 3 is 2.36 bits per heavy atom. The summed E-state index contributed by atoms with van der Waals surface area (Å²) in [5, 5.41) is 1.40. The van der Waals surface area contributed by atoms with Crippen molar-refractivity contribution in [1.82, 2.24) is 0 Å². The van der Waals surface area contributed by atoms with Gasteiger partial charge in [-0.1, -0.05) is 54.7 Å². The Morgan fingerprint density at radius 1 is 1.03 bits per heavy atom. The Morgan fingerprint density at radius 2 is 1.73 bits per heavy atom. The van der Waals surface area contributed by atoms with E-state index in [0.717, 1.165) is 10.7 Å². The summed E-state index contributed by atoms with van der Waals surface area (Å²) in [4.78, 5) is 24.0. The normalized spacial score (nSPS) is 11.4. The van der Waals surface area contributed by atoms with E-state index in [1.165, 1.54) is 24.3 Å². The van der Waals surface area contributed by atoms with Crippen LogP contribution < -0.4 is 10.0 Å². The van der Waals surface area contributed by atoms with Gasteiger partial charge in [0.1, 0.15) is 6.54 Å². The summed E-state index contributed by atoms with van der Waals surface area (Å²) in [7, 11) is -4.25. The molecule has 0 aliphatic heterocycles. The second-order valence-electron chi connectivity index (χ2n) is 7.27. The van der Waals surface area contributed by atoms with E-state index in [2.05, 4.69) is 0 Å². The van der Waals surface area contributed by atoms with Gasteiger partial charge in [0.25, 0.3) is 10.0 Å². The number of nitrogens with zero attached hydrogens (tertiary/aromatic N) is 1. The lowest BCUT2D eigenvalue weighted by Crippen LogP contribution is -2.36. The van der Waals surface area contributed by atoms with Crippen LogP contribution in [0.15, 0.2) is 59.5 Å². The molecule has 1 amide bonds. The summed E-state index contributed by atoms with van der Waals surface area (Å²) in [5.74, 6) is -1.31. The number of amides is 1. The van der Waals surface area contributed by atoms with E-state index in [1.54, 1.807) is 30.3 Å². The molecule has 10 heteroatoms. The van der Waals surface area contributed by atoms with Crippen LogP contribution in [0.25, 0.3) is 10.8 Å². The number of halogens is 2. The zero-order chi connectivity index (χ0) is 24.2. The maximum absolute atomic E-state index is 13.5. The van der Waals surface area contributed by atoms with Crippen molar-refractivity contribution in [2.45, 2.75) is 24.7 Å². The van der Waals surface area contributed by atoms with Gasteiger partial charge in [-0.2, -0.15) is 0 Å². The van der Waals surface area contributed by atoms with E-state index < -0.39 is 28.4 Å². The van der Waals surface area contributed by atoms with Crippen molar-refractivity contribution in [1.29, 1.82) is 0 Å². The first-order valence-electron chi connectivity index (χ1n) is 10.1. The van der Waals surface area contributed by atoms with Gasteiger partial charge in [-0.15, -0.1) is 0 Å². The standard InChI is InChI=1S/C23H22Cl2N2O5S/c1-2-3-9-32-22(28)14-27(33(30,31)19-12-16(24)11-17(25)13-19)18-7-8-20-15(10-18)5-4-6-21(20)23(26)29/h4-8,10-13H,2-3,9,14H2,1H3,(H2,26,29). The molecule has 0 radical (unpaired) electrons. The lowest BCUT2D eigenvalue weighted by atomic mass is 10.0. The number of hydrogen-bond acceptors (Lipinski definition) is 5. The van der Waals surface area contributed by atoms with Crippen molar-refractivity contribution >= 4 is 61.6 Å². The maximum Gasteiger partial charge on any atom is 0.326 e. The van der Waals surface area contributed by atoms with Crippen LogP contribution >= 0.6 is 23.2 Å². The molecule has 0 atom stereocenters. The maximum atomic E-state index is 13.5. The molecule has 0 fully saturated rings. The molecule has 0 aromatic heterocycles. The second-order valence-corrected chi connectivity index (χ2v) is 10.0. The third-order valence-electron chi connectivity index (χ3n) is 4.88. The topological polar surface area (TPSA) is 107 Å². The molecule has 0 saturated heterocycles. The summed E-state index contributed by atoms with van der Waals surface area (Å²) in [6.07, 6.45) is 1.48. The Kier molecular flexibility index (Phi) is 7.84. The average molecular weight is 509 g/mol. The van der Waals surface area contributed by atoms with Crippen LogP contribution in [0, 0.1) is 0 Å². The fraction of sp³-hybridized carbons (Fsp3) is 0.217. The molecule has 0 unspecified atom stereocenters. The first kappa shape index (κ1) is 24.8. The highest BCUT2D eigenvalue weighted by Crippen LogP contribution is 2.31. The van der Waals surface area contributed by atoms with Crippen LogP contribution in [0.2, 0.25) is 10.0 Å². The Bertz CT molecular complexity index is 1290. The van der Waals surface area contributed by atoms with Gasteiger partial charge in [0.2, 0.25) is 5.91 Å². The van der Waals surface area contributed by atoms with Crippen LogP contribution in [-0.4, -0.2) is 33.4 Å². The Balaban J connectivity index is 2.10. The van der Waals surface area contributed by atoms with Gasteiger partial charge in [-0.05, 0) is 53.6 Å². The van der Waals surface area contributed by atoms with E-state index in [-0.39, 0.29) is 27.2 Å². The molecule has 0 heterocycles. The molecule has 7 nitrogen and oxygen atoms in total. The van der Waals surface area contributed by atoms with Crippen LogP contribution in [0.3, 0.4) is 0 Å². The van der Waals surface area contributed by atoms with Crippen LogP contribution in [0.4, 0.5) is 5.69 Å². The number of anilines is 1.